The molecule has 2 N–H and O–H groups in total. The van der Waals surface area contributed by atoms with Gasteiger partial charge in [-0.1, -0.05) is 0 Å². The number of nitrogens with zero attached hydrogens (tertiary/aromatic N) is 2. The van der Waals surface area contributed by atoms with E-state index >= 15 is 4.39 Å². The summed E-state index contributed by atoms with van der Waals surface area (Å²) in [6, 6.07) is 6.17. The van der Waals surface area contributed by atoms with E-state index in [0.717, 1.165) is 12.3 Å². The third-order valence-electron chi connectivity index (χ3n) is 7.49. The van der Waals surface area contributed by atoms with Crippen molar-refractivity contribution >= 4 is 22.6 Å². The molecule has 4 rings (SSSR count). The highest BCUT2D eigenvalue weighted by molar-refractivity contribution is 5.84. The molecule has 1 fully saturated rings. The molecule has 39 heavy (non-hydrogen) atoms. The van der Waals surface area contributed by atoms with Gasteiger partial charge in [-0.2, -0.15) is 0 Å². The summed E-state index contributed by atoms with van der Waals surface area (Å²) in [5.74, 6) is -4.65. The molecular weight excluding hydrogens is 521 g/mol. The van der Waals surface area contributed by atoms with Gasteiger partial charge in [0.25, 0.3) is 0 Å². The molecule has 11 heteroatoms. The quantitative estimate of drug-likeness (QED) is 0.217. The number of methoxy groups -OCH3 is 1. The molecule has 0 spiro atoms. The number of carbonyl (C=O) groups is 1. The Kier molecular flexibility index (Phi) is 8.89. The molecule has 1 aliphatic rings. The van der Waals surface area contributed by atoms with Gasteiger partial charge in [-0.15, -0.1) is 0 Å². The average molecular weight is 552 g/mol. The van der Waals surface area contributed by atoms with Crippen molar-refractivity contribution in [2.24, 2.45) is 5.41 Å². The zero-order chi connectivity index (χ0) is 28.2. The number of piperidine rings is 1. The summed E-state index contributed by atoms with van der Waals surface area (Å²) < 4.78 is 76.1. The molecule has 1 saturated heterocycles. The summed E-state index contributed by atoms with van der Waals surface area (Å²) in [4.78, 5) is 17.7. The van der Waals surface area contributed by atoms with Crippen LogP contribution in [0.3, 0.4) is 0 Å². The Hall–Kier alpha value is -3.47. The van der Waals surface area contributed by atoms with Gasteiger partial charge < -0.3 is 20.1 Å². The predicted molar refractivity (Wildman–Crippen MR) is 137 cm³/mol. The van der Waals surface area contributed by atoms with Crippen LogP contribution in [0.2, 0.25) is 0 Å². The van der Waals surface area contributed by atoms with Crippen molar-refractivity contribution < 1.29 is 36.6 Å². The number of nitrogens with one attached hydrogen (secondary N) is 1. The molecule has 0 radical (unpaired) electrons. The summed E-state index contributed by atoms with van der Waals surface area (Å²) in [6.45, 7) is 1.67. The monoisotopic (exact) mass is 551 g/mol. The third-order valence-corrected chi connectivity index (χ3v) is 7.49. The van der Waals surface area contributed by atoms with E-state index in [9.17, 15) is 27.5 Å². The smallest absolute Gasteiger partial charge is 0.303 e. The number of carboxylic acids is 1. The molecule has 3 aromatic rings. The fourth-order valence-electron chi connectivity index (χ4n) is 5.31. The lowest BCUT2D eigenvalue weighted by Gasteiger charge is -2.41. The Morgan fingerprint density at radius 3 is 2.59 bits per heavy atom. The van der Waals surface area contributed by atoms with Gasteiger partial charge in [0.1, 0.15) is 23.6 Å². The number of halogens is 5. The Morgan fingerprint density at radius 2 is 1.90 bits per heavy atom. The summed E-state index contributed by atoms with van der Waals surface area (Å²) in [6.07, 6.45) is 0.301. The normalized spacial score (nSPS) is 16.3. The van der Waals surface area contributed by atoms with Gasteiger partial charge in [-0.25, -0.2) is 22.0 Å². The first kappa shape index (κ1) is 28.5. The van der Waals surface area contributed by atoms with Gasteiger partial charge in [0, 0.05) is 36.2 Å². The molecular formula is C28H30F5N3O3. The first-order chi connectivity index (χ1) is 18.6. The number of likely N-dealkylation sites (tertiary alicyclic amines) is 1. The average Bonchev–Trinajstić information content (AvgIpc) is 2.90. The minimum Gasteiger partial charge on any atom is -0.497 e. The van der Waals surface area contributed by atoms with Crippen LogP contribution in [-0.2, 0) is 4.79 Å². The maximum atomic E-state index is 15.6. The molecule has 2 heterocycles. The number of aliphatic carboxylic acids is 1. The van der Waals surface area contributed by atoms with E-state index in [2.05, 4.69) is 10.3 Å². The second kappa shape index (κ2) is 12.1. The number of fused-ring (bicyclic) bond motifs is 1. The molecule has 0 aliphatic carbocycles. The number of aromatic nitrogens is 1. The summed E-state index contributed by atoms with van der Waals surface area (Å²) >= 11 is 0. The van der Waals surface area contributed by atoms with Crippen molar-refractivity contribution in [2.45, 2.75) is 38.3 Å². The van der Waals surface area contributed by atoms with Crippen molar-refractivity contribution in [1.29, 1.82) is 0 Å². The molecule has 0 saturated carbocycles. The van der Waals surface area contributed by atoms with Gasteiger partial charge in [0.05, 0.1) is 30.9 Å². The molecule has 0 unspecified atom stereocenters. The Morgan fingerprint density at radius 1 is 1.15 bits per heavy atom. The van der Waals surface area contributed by atoms with E-state index in [0.29, 0.717) is 55.2 Å². The van der Waals surface area contributed by atoms with Crippen LogP contribution in [0.1, 0.15) is 43.8 Å². The van der Waals surface area contributed by atoms with Crippen LogP contribution in [0.25, 0.3) is 10.9 Å². The van der Waals surface area contributed by atoms with Crippen molar-refractivity contribution in [3.05, 3.63) is 65.4 Å². The number of pyridine rings is 1. The number of rotatable bonds is 11. The number of carboxylic acid groups (broad SMARTS) is 1. The fourth-order valence-corrected chi connectivity index (χ4v) is 5.31. The number of benzene rings is 2. The number of ether oxygens (including phenoxy) is 1. The van der Waals surface area contributed by atoms with Crippen molar-refractivity contribution in [1.82, 2.24) is 9.88 Å². The summed E-state index contributed by atoms with van der Waals surface area (Å²) in [5, 5.41) is 12.6. The van der Waals surface area contributed by atoms with Crippen molar-refractivity contribution in [3.8, 4) is 5.75 Å². The number of anilines is 1. The predicted octanol–water partition coefficient (Wildman–Crippen LogP) is 6.26. The topological polar surface area (TPSA) is 74.7 Å². The Bertz CT molecular complexity index is 1330. The lowest BCUT2D eigenvalue weighted by atomic mass is 9.71. The van der Waals surface area contributed by atoms with Crippen LogP contribution >= 0.6 is 0 Å². The molecule has 0 amide bonds. The zero-order valence-electron chi connectivity index (χ0n) is 21.5. The maximum absolute atomic E-state index is 15.6. The number of hydrogen-bond acceptors (Lipinski definition) is 5. The van der Waals surface area contributed by atoms with E-state index in [1.165, 1.54) is 13.2 Å². The van der Waals surface area contributed by atoms with E-state index < -0.39 is 40.8 Å². The lowest BCUT2D eigenvalue weighted by Crippen LogP contribution is -2.43. The summed E-state index contributed by atoms with van der Waals surface area (Å²) in [7, 11) is 1.46. The van der Waals surface area contributed by atoms with Gasteiger partial charge in [-0.3, -0.25) is 9.78 Å². The van der Waals surface area contributed by atoms with Crippen LogP contribution in [0.15, 0.2) is 36.5 Å². The largest absolute Gasteiger partial charge is 0.497 e. The second-order valence-electron chi connectivity index (χ2n) is 10.00. The van der Waals surface area contributed by atoms with Gasteiger partial charge in [-0.05, 0) is 62.4 Å². The molecule has 1 aliphatic heterocycles. The highest BCUT2D eigenvalue weighted by atomic mass is 19.2. The first-order valence-electron chi connectivity index (χ1n) is 12.7. The van der Waals surface area contributed by atoms with Gasteiger partial charge >= 0.3 is 5.97 Å². The van der Waals surface area contributed by atoms with Crippen LogP contribution < -0.4 is 10.1 Å². The highest BCUT2D eigenvalue weighted by Gasteiger charge is 2.37. The second-order valence-corrected chi connectivity index (χ2v) is 10.00. The minimum absolute atomic E-state index is 0.0630. The SMILES string of the molecule is COc1ccc2ncc(F)c([C@H](F)CCC3(CC(=O)O)CCN(CCNc4cc(F)cc(F)c4F)CC3)c2c1. The van der Waals surface area contributed by atoms with Gasteiger partial charge in [0.2, 0.25) is 0 Å². The molecule has 210 valence electrons. The molecule has 0 bridgehead atoms. The van der Waals surface area contributed by atoms with Gasteiger partial charge in [0.15, 0.2) is 11.6 Å². The van der Waals surface area contributed by atoms with E-state index in [1.807, 2.05) is 4.90 Å². The van der Waals surface area contributed by atoms with Crippen LogP contribution in [0.5, 0.6) is 5.75 Å². The first-order valence-corrected chi connectivity index (χ1v) is 12.7. The van der Waals surface area contributed by atoms with E-state index in [-0.39, 0.29) is 37.1 Å². The number of alkyl halides is 1. The third kappa shape index (κ3) is 6.76. The zero-order valence-corrected chi connectivity index (χ0v) is 21.5. The van der Waals surface area contributed by atoms with Crippen molar-refractivity contribution in [3.63, 3.8) is 0 Å². The van der Waals surface area contributed by atoms with Crippen LogP contribution in [0, 0.1) is 28.7 Å². The maximum Gasteiger partial charge on any atom is 0.303 e. The minimum atomic E-state index is -1.67. The number of hydrogen-bond donors (Lipinski definition) is 2. The Balaban J connectivity index is 1.39. The molecule has 1 atom stereocenters. The lowest BCUT2D eigenvalue weighted by molar-refractivity contribution is -0.141. The molecule has 2 aromatic carbocycles. The fraction of sp³-hybridized carbons (Fsp3) is 0.429. The molecule has 6 nitrogen and oxygen atoms in total. The highest BCUT2D eigenvalue weighted by Crippen LogP contribution is 2.43. The Labute approximate surface area is 222 Å². The standard InChI is InChI=1S/C28H30F5N3O3/c1-39-18-2-3-23-19(14-18)26(22(32)16-35-23)20(30)4-5-28(15-25(37)38)6-9-36(10-7-28)11-8-34-24-13-17(29)12-21(31)27(24)33/h2-3,12-14,16,20,34H,4-11,15H2,1H3,(H,37,38)/t20-/m1/s1. The summed E-state index contributed by atoms with van der Waals surface area (Å²) in [5.41, 5.74) is -0.631. The molecule has 1 aromatic heterocycles. The van der Waals surface area contributed by atoms with Crippen molar-refractivity contribution in [2.75, 3.05) is 38.6 Å². The van der Waals surface area contributed by atoms with Crippen LogP contribution in [0.4, 0.5) is 27.6 Å². The van der Waals surface area contributed by atoms with E-state index in [4.69, 9.17) is 4.74 Å². The van der Waals surface area contributed by atoms with E-state index in [1.54, 1.807) is 12.1 Å². The van der Waals surface area contributed by atoms with Crippen LogP contribution in [-0.4, -0.2) is 54.2 Å².